The van der Waals surface area contributed by atoms with Crippen LogP contribution in [0.4, 0.5) is 0 Å². The van der Waals surface area contributed by atoms with Crippen LogP contribution >= 0.6 is 0 Å². The monoisotopic (exact) mass is 188 g/mol. The molecule has 3 heteroatoms. The molecule has 2 aromatic rings. The van der Waals surface area contributed by atoms with E-state index in [1.54, 1.807) is 4.57 Å². The van der Waals surface area contributed by atoms with Gasteiger partial charge in [0.1, 0.15) is 0 Å². The van der Waals surface area contributed by atoms with E-state index in [9.17, 15) is 4.79 Å². The van der Waals surface area contributed by atoms with Crippen molar-refractivity contribution in [1.29, 1.82) is 0 Å². The summed E-state index contributed by atoms with van der Waals surface area (Å²) in [7, 11) is 0. The van der Waals surface area contributed by atoms with Crippen LogP contribution in [0, 0.1) is 6.92 Å². The first-order valence-electron chi connectivity index (χ1n) is 4.69. The number of hydrogen-bond acceptors (Lipinski definition) is 2. The number of rotatable bonds is 1. The highest BCUT2D eigenvalue weighted by molar-refractivity contribution is 5.77. The Hall–Kier alpha value is -1.64. The van der Waals surface area contributed by atoms with E-state index in [2.05, 4.69) is 4.98 Å². The predicted molar refractivity (Wildman–Crippen MR) is 56.4 cm³/mol. The molecule has 2 rings (SSSR count). The van der Waals surface area contributed by atoms with Crippen LogP contribution in [-0.2, 0) is 6.54 Å². The number of nitrogens with zero attached hydrogens (tertiary/aromatic N) is 2. The fourth-order valence-electron chi connectivity index (χ4n) is 1.72. The van der Waals surface area contributed by atoms with Crippen molar-refractivity contribution in [3.8, 4) is 0 Å². The molecular formula is C11H12N2O. The lowest BCUT2D eigenvalue weighted by Gasteiger charge is -2.08. The summed E-state index contributed by atoms with van der Waals surface area (Å²) >= 11 is 0. The molecular weight excluding hydrogens is 176 g/mol. The number of para-hydroxylation sites is 1. The Morgan fingerprint density at radius 2 is 2.21 bits per heavy atom. The number of aromatic nitrogens is 2. The van der Waals surface area contributed by atoms with Crippen molar-refractivity contribution in [2.45, 2.75) is 20.4 Å². The van der Waals surface area contributed by atoms with Crippen molar-refractivity contribution in [2.24, 2.45) is 0 Å². The lowest BCUT2D eigenvalue weighted by atomic mass is 10.2. The summed E-state index contributed by atoms with van der Waals surface area (Å²) in [6, 6.07) is 5.87. The molecule has 14 heavy (non-hydrogen) atoms. The average molecular weight is 188 g/mol. The largest absolute Gasteiger partial charge is 0.305 e. The molecule has 72 valence electrons. The highest BCUT2D eigenvalue weighted by atomic mass is 16.1. The van der Waals surface area contributed by atoms with Gasteiger partial charge < -0.3 is 4.57 Å². The minimum absolute atomic E-state index is 0.0331. The summed E-state index contributed by atoms with van der Waals surface area (Å²) in [6.07, 6.45) is 1.38. The molecule has 0 saturated carbocycles. The van der Waals surface area contributed by atoms with Crippen molar-refractivity contribution in [3.05, 3.63) is 40.3 Å². The number of hydrogen-bond donors (Lipinski definition) is 0. The molecule has 0 N–H and O–H groups in total. The van der Waals surface area contributed by atoms with Gasteiger partial charge in [0.15, 0.2) is 0 Å². The van der Waals surface area contributed by atoms with Gasteiger partial charge in [-0.25, -0.2) is 4.98 Å². The van der Waals surface area contributed by atoms with E-state index in [0.717, 1.165) is 16.6 Å². The Morgan fingerprint density at radius 1 is 1.43 bits per heavy atom. The standard InChI is InChI=1S/C11H12N2O/c1-3-13-10(14)7-12-9-6-4-5-8(2)11(9)13/h4-7H,3H2,1-2H3. The van der Waals surface area contributed by atoms with E-state index >= 15 is 0 Å². The van der Waals surface area contributed by atoms with Crippen molar-refractivity contribution < 1.29 is 0 Å². The van der Waals surface area contributed by atoms with E-state index in [1.807, 2.05) is 32.0 Å². The highest BCUT2D eigenvalue weighted by Crippen LogP contribution is 2.13. The molecule has 0 unspecified atom stereocenters. The summed E-state index contributed by atoms with van der Waals surface area (Å²) in [6.45, 7) is 4.64. The molecule has 0 spiro atoms. The highest BCUT2D eigenvalue weighted by Gasteiger charge is 2.03. The van der Waals surface area contributed by atoms with Crippen LogP contribution in [0.3, 0.4) is 0 Å². The SMILES string of the molecule is CCn1c(=O)cnc2cccc(C)c21. The van der Waals surface area contributed by atoms with Crippen molar-refractivity contribution in [3.63, 3.8) is 0 Å². The summed E-state index contributed by atoms with van der Waals surface area (Å²) in [4.78, 5) is 15.6. The summed E-state index contributed by atoms with van der Waals surface area (Å²) in [5.74, 6) is 0. The Labute approximate surface area is 82.0 Å². The van der Waals surface area contributed by atoms with E-state index in [1.165, 1.54) is 6.20 Å². The van der Waals surface area contributed by atoms with Crippen LogP contribution < -0.4 is 5.56 Å². The van der Waals surface area contributed by atoms with Crippen LogP contribution in [0.5, 0.6) is 0 Å². The molecule has 0 radical (unpaired) electrons. The zero-order valence-corrected chi connectivity index (χ0v) is 8.32. The molecule has 0 aliphatic carbocycles. The third kappa shape index (κ3) is 1.21. The smallest absolute Gasteiger partial charge is 0.269 e. The molecule has 3 nitrogen and oxygen atoms in total. The zero-order valence-electron chi connectivity index (χ0n) is 8.32. The van der Waals surface area contributed by atoms with Gasteiger partial charge in [-0.15, -0.1) is 0 Å². The lowest BCUT2D eigenvalue weighted by molar-refractivity contribution is 0.751. The van der Waals surface area contributed by atoms with Gasteiger partial charge >= 0.3 is 0 Å². The molecule has 0 bridgehead atoms. The van der Waals surface area contributed by atoms with Crippen molar-refractivity contribution >= 4 is 11.0 Å². The molecule has 1 heterocycles. The summed E-state index contributed by atoms with van der Waals surface area (Å²) in [5.41, 5.74) is 2.89. The summed E-state index contributed by atoms with van der Waals surface area (Å²) in [5, 5.41) is 0. The average Bonchev–Trinajstić information content (AvgIpc) is 2.19. The molecule has 0 atom stereocenters. The maximum absolute atomic E-state index is 11.5. The Balaban J connectivity index is 2.99. The van der Waals surface area contributed by atoms with Crippen LogP contribution in [0.2, 0.25) is 0 Å². The number of fused-ring (bicyclic) bond motifs is 1. The van der Waals surface area contributed by atoms with Crippen LogP contribution in [0.15, 0.2) is 29.2 Å². The number of benzene rings is 1. The first-order valence-corrected chi connectivity index (χ1v) is 4.69. The molecule has 1 aromatic carbocycles. The Morgan fingerprint density at radius 3 is 2.93 bits per heavy atom. The fourth-order valence-corrected chi connectivity index (χ4v) is 1.72. The van der Waals surface area contributed by atoms with Crippen LogP contribution in [0.1, 0.15) is 12.5 Å². The maximum atomic E-state index is 11.5. The fraction of sp³-hybridized carbons (Fsp3) is 0.273. The first-order chi connectivity index (χ1) is 6.74. The quantitative estimate of drug-likeness (QED) is 0.683. The molecule has 0 amide bonds. The molecule has 0 aliphatic rings. The Bertz CT molecular complexity index is 528. The normalized spacial score (nSPS) is 10.7. The number of aryl methyl sites for hydroxylation is 2. The molecule has 0 aliphatic heterocycles. The van der Waals surface area contributed by atoms with Gasteiger partial charge in [0.25, 0.3) is 5.56 Å². The van der Waals surface area contributed by atoms with Gasteiger partial charge in [-0.3, -0.25) is 4.79 Å². The first kappa shape index (κ1) is 8.94. The van der Waals surface area contributed by atoms with Crippen LogP contribution in [0.25, 0.3) is 11.0 Å². The summed E-state index contributed by atoms with van der Waals surface area (Å²) < 4.78 is 1.75. The van der Waals surface area contributed by atoms with Crippen LogP contribution in [-0.4, -0.2) is 9.55 Å². The zero-order chi connectivity index (χ0) is 10.1. The molecule has 1 aromatic heterocycles. The van der Waals surface area contributed by atoms with E-state index in [0.29, 0.717) is 6.54 Å². The Kier molecular flexibility index (Phi) is 2.08. The molecule has 0 fully saturated rings. The topological polar surface area (TPSA) is 34.9 Å². The third-order valence-corrected chi connectivity index (χ3v) is 2.38. The van der Waals surface area contributed by atoms with Gasteiger partial charge in [-0.2, -0.15) is 0 Å². The minimum atomic E-state index is -0.0331. The van der Waals surface area contributed by atoms with E-state index in [4.69, 9.17) is 0 Å². The van der Waals surface area contributed by atoms with Gasteiger partial charge in [0.2, 0.25) is 0 Å². The van der Waals surface area contributed by atoms with Gasteiger partial charge in [-0.1, -0.05) is 12.1 Å². The second-order valence-corrected chi connectivity index (χ2v) is 3.28. The minimum Gasteiger partial charge on any atom is -0.305 e. The molecule has 0 saturated heterocycles. The lowest BCUT2D eigenvalue weighted by Crippen LogP contribution is -2.19. The van der Waals surface area contributed by atoms with Gasteiger partial charge in [0.05, 0.1) is 17.2 Å². The van der Waals surface area contributed by atoms with Gasteiger partial charge in [-0.05, 0) is 25.5 Å². The third-order valence-electron chi connectivity index (χ3n) is 2.38. The van der Waals surface area contributed by atoms with E-state index in [-0.39, 0.29) is 5.56 Å². The predicted octanol–water partition coefficient (Wildman–Crippen LogP) is 1.72. The maximum Gasteiger partial charge on any atom is 0.269 e. The second kappa shape index (κ2) is 3.25. The van der Waals surface area contributed by atoms with Crippen molar-refractivity contribution in [2.75, 3.05) is 0 Å². The van der Waals surface area contributed by atoms with Gasteiger partial charge in [0, 0.05) is 6.54 Å². The van der Waals surface area contributed by atoms with Crippen molar-refractivity contribution in [1.82, 2.24) is 9.55 Å². The van der Waals surface area contributed by atoms with E-state index < -0.39 is 0 Å². The second-order valence-electron chi connectivity index (χ2n) is 3.28.